The number of benzene rings is 2. The van der Waals surface area contributed by atoms with E-state index in [1.165, 1.54) is 4.90 Å². The molecule has 0 saturated carbocycles. The smallest absolute Gasteiger partial charge is 0.416 e. The normalized spacial score (nSPS) is 20.8. The van der Waals surface area contributed by atoms with Crippen molar-refractivity contribution in [3.8, 4) is 16.9 Å². The van der Waals surface area contributed by atoms with E-state index in [0.29, 0.717) is 35.1 Å². The second-order valence-corrected chi connectivity index (χ2v) is 12.2. The van der Waals surface area contributed by atoms with Crippen molar-refractivity contribution in [2.75, 3.05) is 31.7 Å². The van der Waals surface area contributed by atoms with Crippen molar-refractivity contribution in [1.82, 2.24) is 14.9 Å². The first kappa shape index (κ1) is 31.6. The van der Waals surface area contributed by atoms with E-state index < -0.39 is 30.0 Å². The molecule has 0 radical (unpaired) electrons. The molecule has 0 bridgehead atoms. The highest BCUT2D eigenvalue weighted by molar-refractivity contribution is 5.77. The predicted octanol–water partition coefficient (Wildman–Crippen LogP) is 6.75. The van der Waals surface area contributed by atoms with E-state index >= 15 is 0 Å². The maximum atomic E-state index is 13.6. The van der Waals surface area contributed by atoms with Crippen LogP contribution in [0.2, 0.25) is 0 Å². The number of fused-ring (bicyclic) bond motifs is 1. The minimum Gasteiger partial charge on any atom is -0.496 e. The largest absolute Gasteiger partial charge is 0.496 e. The number of aryl methyl sites for hydroxylation is 2. The van der Waals surface area contributed by atoms with Crippen LogP contribution in [-0.4, -0.2) is 59.8 Å². The molecule has 2 fully saturated rings. The first-order chi connectivity index (χ1) is 22.0. The highest BCUT2D eigenvalue weighted by Crippen LogP contribution is 2.44. The molecule has 1 aliphatic carbocycles. The molecular weight excluding hydrogens is 601 g/mol. The van der Waals surface area contributed by atoms with Gasteiger partial charge in [0.1, 0.15) is 11.9 Å². The van der Waals surface area contributed by atoms with E-state index in [9.17, 15) is 22.8 Å². The van der Waals surface area contributed by atoms with Crippen molar-refractivity contribution in [1.29, 1.82) is 0 Å². The Morgan fingerprint density at radius 3 is 2.59 bits per heavy atom. The van der Waals surface area contributed by atoms with Crippen LogP contribution in [0.4, 0.5) is 23.9 Å². The molecule has 2 saturated heterocycles. The Hall–Kier alpha value is -4.35. The van der Waals surface area contributed by atoms with Gasteiger partial charge in [-0.15, -0.1) is 0 Å². The van der Waals surface area contributed by atoms with Crippen LogP contribution in [0.5, 0.6) is 5.75 Å². The van der Waals surface area contributed by atoms with Crippen molar-refractivity contribution in [2.45, 2.75) is 77.2 Å². The summed E-state index contributed by atoms with van der Waals surface area (Å²) in [6.45, 7) is 7.13. The summed E-state index contributed by atoms with van der Waals surface area (Å²) >= 11 is 0. The lowest BCUT2D eigenvalue weighted by Gasteiger charge is -2.31. The van der Waals surface area contributed by atoms with E-state index in [4.69, 9.17) is 19.2 Å². The van der Waals surface area contributed by atoms with Gasteiger partial charge in [0.25, 0.3) is 0 Å². The van der Waals surface area contributed by atoms with Gasteiger partial charge in [-0.25, -0.2) is 14.8 Å². The molecule has 9 nitrogen and oxygen atoms in total. The van der Waals surface area contributed by atoms with Crippen LogP contribution >= 0.6 is 0 Å². The SMILES string of the molecule is CCOC(=O)C[C@@H]1CCc2cc(OC)c(-c3cnc(N4CCC4)nc3CN3C(=O)O[C@H](c4cc(C)cc(C(F)(F)F)c4)[C@@H]3C)cc21. The van der Waals surface area contributed by atoms with Crippen molar-refractivity contribution in [3.63, 3.8) is 0 Å². The molecule has 6 rings (SSSR count). The van der Waals surface area contributed by atoms with Crippen molar-refractivity contribution in [3.05, 3.63) is 70.0 Å². The van der Waals surface area contributed by atoms with Gasteiger partial charge in [-0.2, -0.15) is 13.2 Å². The Labute approximate surface area is 265 Å². The lowest BCUT2D eigenvalue weighted by Crippen LogP contribution is -2.39. The van der Waals surface area contributed by atoms with Crippen LogP contribution in [0.3, 0.4) is 0 Å². The summed E-state index contributed by atoms with van der Waals surface area (Å²) in [5.74, 6) is 0.906. The summed E-state index contributed by atoms with van der Waals surface area (Å²) in [5.41, 5.74) is 4.00. The van der Waals surface area contributed by atoms with Gasteiger partial charge in [0.05, 0.1) is 44.0 Å². The Morgan fingerprint density at radius 2 is 1.91 bits per heavy atom. The number of carbonyl (C=O) groups excluding carboxylic acids is 2. The summed E-state index contributed by atoms with van der Waals surface area (Å²) in [6.07, 6.45) is -1.42. The van der Waals surface area contributed by atoms with Gasteiger partial charge >= 0.3 is 18.2 Å². The Bertz CT molecular complexity index is 1660. The molecule has 3 aliphatic rings. The summed E-state index contributed by atoms with van der Waals surface area (Å²) in [7, 11) is 1.59. The monoisotopic (exact) mass is 638 g/mol. The van der Waals surface area contributed by atoms with Crippen LogP contribution < -0.4 is 9.64 Å². The molecule has 12 heteroatoms. The number of ether oxygens (including phenoxy) is 3. The van der Waals surface area contributed by atoms with Crippen molar-refractivity contribution in [2.24, 2.45) is 0 Å². The average molecular weight is 639 g/mol. The third kappa shape index (κ3) is 6.09. The Kier molecular flexibility index (Phi) is 8.56. The molecule has 0 N–H and O–H groups in total. The fourth-order valence-corrected chi connectivity index (χ4v) is 6.62. The van der Waals surface area contributed by atoms with Crippen molar-refractivity contribution >= 4 is 18.0 Å². The molecule has 46 heavy (non-hydrogen) atoms. The maximum Gasteiger partial charge on any atom is 0.416 e. The summed E-state index contributed by atoms with van der Waals surface area (Å²) < 4.78 is 57.6. The van der Waals surface area contributed by atoms with E-state index in [2.05, 4.69) is 4.98 Å². The number of esters is 1. The summed E-state index contributed by atoms with van der Waals surface area (Å²) in [5, 5.41) is 0. The molecule has 244 valence electrons. The van der Waals surface area contributed by atoms with Crippen LogP contribution in [0, 0.1) is 6.92 Å². The number of rotatable bonds is 9. The van der Waals surface area contributed by atoms with E-state index in [1.807, 2.05) is 17.0 Å². The number of anilines is 1. The number of cyclic esters (lactones) is 1. The molecule has 0 spiro atoms. The lowest BCUT2D eigenvalue weighted by atomic mass is 9.93. The molecule has 1 aromatic heterocycles. The number of methoxy groups -OCH3 is 1. The second-order valence-electron chi connectivity index (χ2n) is 12.2. The first-order valence-electron chi connectivity index (χ1n) is 15.6. The zero-order valence-corrected chi connectivity index (χ0v) is 26.3. The molecule has 3 aromatic rings. The Morgan fingerprint density at radius 1 is 1.13 bits per heavy atom. The molecule has 0 unspecified atom stereocenters. The van der Waals surface area contributed by atoms with Gasteiger partial charge < -0.3 is 19.1 Å². The number of hydrogen-bond donors (Lipinski definition) is 0. The number of nitrogens with zero attached hydrogens (tertiary/aromatic N) is 4. The molecule has 3 atom stereocenters. The number of hydrogen-bond acceptors (Lipinski definition) is 8. The zero-order valence-electron chi connectivity index (χ0n) is 26.3. The maximum absolute atomic E-state index is 13.6. The lowest BCUT2D eigenvalue weighted by molar-refractivity contribution is -0.143. The second kappa shape index (κ2) is 12.4. The highest BCUT2D eigenvalue weighted by Gasteiger charge is 2.42. The molecule has 1 amide bonds. The number of halogens is 3. The van der Waals surface area contributed by atoms with Gasteiger partial charge in [-0.1, -0.05) is 11.6 Å². The van der Waals surface area contributed by atoms with Gasteiger partial charge in [-0.3, -0.25) is 9.69 Å². The quantitative estimate of drug-likeness (QED) is 0.238. The average Bonchev–Trinajstić information content (AvgIpc) is 3.50. The zero-order chi connectivity index (χ0) is 32.7. The van der Waals surface area contributed by atoms with Gasteiger partial charge in [0, 0.05) is 30.4 Å². The van der Waals surface area contributed by atoms with Gasteiger partial charge in [-0.05, 0) is 86.9 Å². The number of carbonyl (C=O) groups is 2. The van der Waals surface area contributed by atoms with Crippen LogP contribution in [0.15, 0.2) is 36.5 Å². The van der Waals surface area contributed by atoms with E-state index in [-0.39, 0.29) is 30.4 Å². The van der Waals surface area contributed by atoms with Gasteiger partial charge in [0.2, 0.25) is 5.95 Å². The minimum absolute atomic E-state index is 0.00584. The van der Waals surface area contributed by atoms with Crippen LogP contribution in [-0.2, 0) is 33.4 Å². The third-order valence-corrected chi connectivity index (χ3v) is 9.13. The summed E-state index contributed by atoms with van der Waals surface area (Å²) in [4.78, 5) is 38.8. The number of alkyl halides is 3. The van der Waals surface area contributed by atoms with Crippen LogP contribution in [0.1, 0.15) is 78.6 Å². The highest BCUT2D eigenvalue weighted by atomic mass is 19.4. The van der Waals surface area contributed by atoms with E-state index in [0.717, 1.165) is 61.2 Å². The fourth-order valence-electron chi connectivity index (χ4n) is 6.62. The van der Waals surface area contributed by atoms with Gasteiger partial charge in [0.15, 0.2) is 0 Å². The first-order valence-corrected chi connectivity index (χ1v) is 15.6. The third-order valence-electron chi connectivity index (χ3n) is 9.13. The van der Waals surface area contributed by atoms with Crippen molar-refractivity contribution < 1.29 is 37.0 Å². The minimum atomic E-state index is -4.53. The topological polar surface area (TPSA) is 94.1 Å². The molecular formula is C34H37F3N4O5. The number of aromatic nitrogens is 2. The predicted molar refractivity (Wildman–Crippen MR) is 164 cm³/mol. The molecule has 3 heterocycles. The molecule has 2 aliphatic heterocycles. The Balaban J connectivity index is 1.36. The standard InChI is InChI=1S/C34H37F3N4O5/c1-5-45-30(42)15-22-8-7-21-14-29(44-4)26(16-25(21)22)27-17-38-32(40-9-6-10-40)39-28(27)18-41-20(3)31(46-33(41)43)23-11-19(2)12-24(13-23)34(35,36)37/h11-14,16-17,20,22,31H,5-10,15,18H2,1-4H3/t20-,22-,31-/m0/s1. The number of amides is 1. The molecule has 2 aromatic carbocycles. The fraction of sp³-hybridized carbons (Fsp3) is 0.471. The summed E-state index contributed by atoms with van der Waals surface area (Å²) in [6, 6.07) is 7.17. The van der Waals surface area contributed by atoms with Crippen LogP contribution in [0.25, 0.3) is 11.1 Å². The van der Waals surface area contributed by atoms with E-state index in [1.54, 1.807) is 40.1 Å².